The van der Waals surface area contributed by atoms with E-state index >= 15 is 0 Å². The van der Waals surface area contributed by atoms with Crippen LogP contribution in [-0.4, -0.2) is 73.5 Å². The predicted molar refractivity (Wildman–Crippen MR) is 124 cm³/mol. The molecule has 0 saturated carbocycles. The molecule has 2 heterocycles. The summed E-state index contributed by atoms with van der Waals surface area (Å²) in [5.74, 6) is 0. The molecule has 168 valence electrons. The van der Waals surface area contributed by atoms with E-state index in [0.717, 1.165) is 55.3 Å². The fraction of sp³-hybridized carbons (Fsp3) is 0.524. The van der Waals surface area contributed by atoms with Gasteiger partial charge in [0.1, 0.15) is 0 Å². The van der Waals surface area contributed by atoms with Crippen molar-refractivity contribution >= 4 is 57.2 Å². The summed E-state index contributed by atoms with van der Waals surface area (Å²) in [6.45, 7) is 0.950. The number of hydrogen-bond acceptors (Lipinski definition) is 5. The van der Waals surface area contributed by atoms with Crippen molar-refractivity contribution in [3.63, 3.8) is 0 Å². The summed E-state index contributed by atoms with van der Waals surface area (Å²) in [4.78, 5) is 12.9. The minimum atomic E-state index is -4.14. The second-order valence-electron chi connectivity index (χ2n) is 8.39. The summed E-state index contributed by atoms with van der Waals surface area (Å²) in [6, 6.07) is 1.24. The zero-order valence-electron chi connectivity index (χ0n) is 17.3. The molecule has 1 aromatic heterocycles. The molecule has 2 amide bonds. The number of aromatic nitrogens is 2. The summed E-state index contributed by atoms with van der Waals surface area (Å²) >= 11 is 0. The third kappa shape index (κ3) is 4.56. The van der Waals surface area contributed by atoms with Gasteiger partial charge in [-0.1, -0.05) is 6.07 Å². The van der Waals surface area contributed by atoms with Crippen molar-refractivity contribution in [3.8, 4) is 0 Å². The van der Waals surface area contributed by atoms with Crippen LogP contribution in [0.3, 0.4) is 0 Å². The molecule has 0 bridgehead atoms. The van der Waals surface area contributed by atoms with Crippen LogP contribution in [0.5, 0.6) is 0 Å². The maximum absolute atomic E-state index is 13.3. The van der Waals surface area contributed by atoms with E-state index in [2.05, 4.69) is 26.3 Å². The fourth-order valence-electron chi connectivity index (χ4n) is 5.10. The van der Waals surface area contributed by atoms with Gasteiger partial charge in [-0.15, -0.1) is 0 Å². The zero-order valence-corrected chi connectivity index (χ0v) is 18.1. The molecule has 0 spiro atoms. The van der Waals surface area contributed by atoms with Gasteiger partial charge in [0.05, 0.1) is 17.9 Å². The molecule has 2 aromatic rings. The molecule has 3 N–H and O–H groups in total. The number of carbonyl (C=O) groups excluding carboxylic acids is 1. The Morgan fingerprint density at radius 3 is 2.34 bits per heavy atom. The number of nitrogens with zero attached hydrogens (tertiary/aromatic N) is 2. The third-order valence-corrected chi connectivity index (χ3v) is 7.92. The molecular formula is C21H28N5NaO4S. The van der Waals surface area contributed by atoms with E-state index < -0.39 is 16.2 Å². The molecular weight excluding hydrogens is 441 g/mol. The zero-order chi connectivity index (χ0) is 21.4. The number of ether oxygens (including phenoxy) is 1. The van der Waals surface area contributed by atoms with E-state index in [1.54, 1.807) is 0 Å². The quantitative estimate of drug-likeness (QED) is 0.578. The summed E-state index contributed by atoms with van der Waals surface area (Å²) < 4.78 is 35.4. The van der Waals surface area contributed by atoms with Gasteiger partial charge in [0.15, 0.2) is 0 Å². The molecule has 1 saturated heterocycles. The number of fused-ring (bicyclic) bond motifs is 2. The Labute approximate surface area is 210 Å². The van der Waals surface area contributed by atoms with Gasteiger partial charge >= 0.3 is 45.8 Å². The van der Waals surface area contributed by atoms with Crippen LogP contribution in [-0.2, 0) is 40.6 Å². The Bertz CT molecular complexity index is 1050. The maximum atomic E-state index is 13.3. The van der Waals surface area contributed by atoms with Crippen molar-refractivity contribution in [3.05, 3.63) is 40.7 Å². The van der Waals surface area contributed by atoms with Gasteiger partial charge in [-0.25, -0.2) is 13.8 Å². The van der Waals surface area contributed by atoms with Crippen molar-refractivity contribution in [1.82, 2.24) is 14.9 Å². The van der Waals surface area contributed by atoms with Crippen LogP contribution in [0.2, 0.25) is 0 Å². The molecule has 1 aliphatic heterocycles. The van der Waals surface area contributed by atoms with Crippen LogP contribution >= 0.6 is 0 Å². The van der Waals surface area contributed by atoms with Gasteiger partial charge in [-0.3, -0.25) is 5.10 Å². The number of aromatic amines is 1. The first kappa shape index (κ1) is 23.6. The molecule has 11 heteroatoms. The number of urea groups is 1. The molecule has 9 nitrogen and oxygen atoms in total. The van der Waals surface area contributed by atoms with E-state index in [1.807, 2.05) is 0 Å². The molecule has 1 fully saturated rings. The number of hydrogen-bond donors (Lipinski definition) is 3. The van der Waals surface area contributed by atoms with Gasteiger partial charge in [-0.05, 0) is 73.6 Å². The normalized spacial score (nSPS) is 17.9. The Balaban J connectivity index is 0.00000245. The van der Waals surface area contributed by atoms with Gasteiger partial charge in [0.25, 0.3) is 0 Å². The first-order valence-corrected chi connectivity index (χ1v) is 12.3. The molecule has 32 heavy (non-hydrogen) atoms. The Hall–Kier alpha value is -1.59. The molecule has 3 aliphatic rings. The van der Waals surface area contributed by atoms with E-state index in [9.17, 15) is 13.2 Å². The van der Waals surface area contributed by atoms with Gasteiger partial charge in [0, 0.05) is 25.1 Å². The van der Waals surface area contributed by atoms with Crippen molar-refractivity contribution in [1.29, 1.82) is 0 Å². The molecule has 0 unspecified atom stereocenters. The summed E-state index contributed by atoms with van der Waals surface area (Å²) in [6.07, 6.45) is 10.0. The van der Waals surface area contributed by atoms with Gasteiger partial charge in [0.2, 0.25) is 0 Å². The molecule has 0 atom stereocenters. The summed E-state index contributed by atoms with van der Waals surface area (Å²) in [7, 11) is -4.14. The summed E-state index contributed by atoms with van der Waals surface area (Å²) in [5, 5.41) is 9.44. The number of anilines is 2. The van der Waals surface area contributed by atoms with Crippen LogP contribution < -0.4 is 14.3 Å². The average molecular weight is 470 g/mol. The number of H-pyrrole nitrogens is 1. The van der Waals surface area contributed by atoms with Gasteiger partial charge < -0.3 is 10.1 Å². The molecule has 0 radical (unpaired) electrons. The van der Waals surface area contributed by atoms with Crippen molar-refractivity contribution in [2.45, 2.75) is 57.4 Å². The molecule has 2 aliphatic carbocycles. The first-order valence-electron chi connectivity index (χ1n) is 10.9. The topological polar surface area (TPSA) is 116 Å². The Morgan fingerprint density at radius 1 is 1.09 bits per heavy atom. The number of rotatable bonds is 5. The second-order valence-corrected chi connectivity index (χ2v) is 9.94. The second kappa shape index (κ2) is 9.72. The predicted octanol–water partition coefficient (Wildman–Crippen LogP) is 1.79. The Kier molecular flexibility index (Phi) is 7.16. The van der Waals surface area contributed by atoms with Crippen LogP contribution in [0.4, 0.5) is 16.2 Å². The number of nitrogens with one attached hydrogen (secondary N) is 3. The standard InChI is InChI=1S/C21H27N5O4S.Na.H/c27-21(24-20-18-5-1-3-14(18)11-15-4-2-6-19(15)20)25-31(28,29)26(17-12-22-23-13-17)16-7-9-30-10-8-16;;/h11-13,16H,1-10H2,(H,22,23)(H2,24,25,27);;. The monoisotopic (exact) mass is 469 g/mol. The number of amides is 2. The SMILES string of the molecule is O=C(Nc1c2c(cc3c1CCC3)CCC2)NS(=O)(=O)N(c1cn[nH]c1)C1CCOCC1.[NaH]. The third-order valence-electron chi connectivity index (χ3n) is 6.45. The number of aryl methyl sites for hydroxylation is 2. The van der Waals surface area contributed by atoms with Crippen molar-refractivity contribution in [2.75, 3.05) is 22.8 Å². The average Bonchev–Trinajstić information content (AvgIpc) is 3.50. The van der Waals surface area contributed by atoms with E-state index in [1.165, 1.54) is 27.8 Å². The van der Waals surface area contributed by atoms with E-state index in [4.69, 9.17) is 4.74 Å². The van der Waals surface area contributed by atoms with Crippen molar-refractivity contribution < 1.29 is 17.9 Å². The van der Waals surface area contributed by atoms with E-state index in [-0.39, 0.29) is 35.6 Å². The fourth-order valence-corrected chi connectivity index (χ4v) is 6.47. The number of carbonyl (C=O) groups is 1. The van der Waals surface area contributed by atoms with Crippen LogP contribution in [0, 0.1) is 0 Å². The molecule has 1 aromatic carbocycles. The minimum absolute atomic E-state index is 0. The van der Waals surface area contributed by atoms with E-state index in [0.29, 0.717) is 31.7 Å². The van der Waals surface area contributed by atoms with Crippen LogP contribution in [0.1, 0.15) is 47.9 Å². The van der Waals surface area contributed by atoms with Crippen molar-refractivity contribution in [2.24, 2.45) is 0 Å². The van der Waals surface area contributed by atoms with Crippen LogP contribution in [0.15, 0.2) is 18.5 Å². The van der Waals surface area contributed by atoms with Gasteiger partial charge in [-0.2, -0.15) is 13.5 Å². The summed E-state index contributed by atoms with van der Waals surface area (Å²) in [5.41, 5.74) is 6.08. The van der Waals surface area contributed by atoms with Crippen LogP contribution in [0.25, 0.3) is 0 Å². The number of benzene rings is 1. The molecule has 5 rings (SSSR count). The Morgan fingerprint density at radius 2 is 1.75 bits per heavy atom. The first-order chi connectivity index (χ1) is 15.0.